The van der Waals surface area contributed by atoms with Gasteiger partial charge < -0.3 is 19.3 Å². The number of hydrogen-bond donors (Lipinski definition) is 2. The summed E-state index contributed by atoms with van der Waals surface area (Å²) in [5, 5.41) is 11.6. The fourth-order valence-electron chi connectivity index (χ4n) is 3.81. The van der Waals surface area contributed by atoms with Crippen LogP contribution in [0.3, 0.4) is 0 Å². The second-order valence-corrected chi connectivity index (χ2v) is 12.2. The van der Waals surface area contributed by atoms with Gasteiger partial charge in [-0.15, -0.1) is 0 Å². The molecule has 2 fully saturated rings. The van der Waals surface area contributed by atoms with Crippen LogP contribution >= 0.6 is 39.6 Å². The summed E-state index contributed by atoms with van der Waals surface area (Å²) in [7, 11) is -3.77. The number of hydrogen-bond acceptors (Lipinski definition) is 9. The first-order valence-corrected chi connectivity index (χ1v) is 15.0. The number of aromatic nitrogens is 2. The van der Waals surface area contributed by atoms with Crippen LogP contribution in [0.4, 0.5) is 0 Å². The quantitative estimate of drug-likeness (QED) is 0.241. The van der Waals surface area contributed by atoms with E-state index >= 15 is 0 Å². The number of alkyl halides is 2. The number of aliphatic hydroxyl groups is 1. The van der Waals surface area contributed by atoms with E-state index in [0.29, 0.717) is 36.8 Å². The lowest BCUT2D eigenvalue weighted by Gasteiger charge is -2.30. The largest absolute Gasteiger partial charge is 0.408 e. The monoisotopic (exact) mass is 647 g/mol. The molecule has 2 unspecified atom stereocenters. The minimum atomic E-state index is -3.77. The van der Waals surface area contributed by atoms with Gasteiger partial charge in [0.2, 0.25) is 0 Å². The van der Waals surface area contributed by atoms with Crippen molar-refractivity contribution in [1.82, 2.24) is 14.2 Å². The van der Waals surface area contributed by atoms with Gasteiger partial charge in [0.05, 0.1) is 32.0 Å². The van der Waals surface area contributed by atoms with Crippen molar-refractivity contribution in [1.29, 1.82) is 0 Å². The van der Waals surface area contributed by atoms with Crippen molar-refractivity contribution >= 4 is 39.6 Å². The summed E-state index contributed by atoms with van der Waals surface area (Å²) in [5.74, 6) is -0.664. The van der Waals surface area contributed by atoms with Crippen LogP contribution in [-0.2, 0) is 27.8 Å². The van der Waals surface area contributed by atoms with E-state index in [9.17, 15) is 19.3 Å². The highest BCUT2D eigenvalue weighted by Gasteiger charge is 2.40. The van der Waals surface area contributed by atoms with Crippen LogP contribution < -0.4 is 11.2 Å². The Morgan fingerprint density at radius 2 is 2.00 bits per heavy atom. The van der Waals surface area contributed by atoms with Crippen molar-refractivity contribution in [2.45, 2.75) is 57.0 Å². The summed E-state index contributed by atoms with van der Waals surface area (Å²) >= 11 is 6.74. The smallest absolute Gasteiger partial charge is 0.390 e. The molecule has 2 aliphatic rings. The molecule has 1 aromatic heterocycles. The van der Waals surface area contributed by atoms with Crippen molar-refractivity contribution in [2.75, 3.05) is 43.6 Å². The molecule has 0 radical (unpaired) electrons. The van der Waals surface area contributed by atoms with Crippen molar-refractivity contribution in [3.05, 3.63) is 33.1 Å². The molecular formula is C20H32Br2N3O9P. The van der Waals surface area contributed by atoms with E-state index in [1.54, 1.807) is 4.67 Å². The predicted molar refractivity (Wildman–Crippen MR) is 134 cm³/mol. The van der Waals surface area contributed by atoms with Gasteiger partial charge in [-0.1, -0.05) is 31.9 Å². The zero-order valence-corrected chi connectivity index (χ0v) is 23.7. The molecule has 0 aliphatic carbocycles. The minimum absolute atomic E-state index is 0.104. The average molecular weight is 649 g/mol. The van der Waals surface area contributed by atoms with Gasteiger partial charge in [0, 0.05) is 42.4 Å². The van der Waals surface area contributed by atoms with Gasteiger partial charge in [0.1, 0.15) is 12.3 Å². The second-order valence-electron chi connectivity index (χ2n) is 8.62. The fourth-order valence-corrected chi connectivity index (χ4v) is 6.98. The van der Waals surface area contributed by atoms with E-state index in [4.69, 9.17) is 23.3 Å². The summed E-state index contributed by atoms with van der Waals surface area (Å²) in [6.07, 6.45) is -0.931. The SMILES string of the molecule is CC1(C)OCC(CCOP(=O)(OC[C@H]2O[C@@H](n3ccc(=O)[nH]c3=O)C[C@@H]2O)N(CCBr)CCBr)O1. The highest BCUT2D eigenvalue weighted by molar-refractivity contribution is 9.09. The summed E-state index contributed by atoms with van der Waals surface area (Å²) in [5.41, 5.74) is -1.17. The molecular weight excluding hydrogens is 617 g/mol. The number of aliphatic hydroxyl groups excluding tert-OH is 1. The molecule has 0 saturated carbocycles. The highest BCUT2D eigenvalue weighted by atomic mass is 79.9. The number of H-pyrrole nitrogens is 1. The number of nitrogens with one attached hydrogen (secondary N) is 1. The maximum Gasteiger partial charge on any atom is 0.408 e. The molecule has 3 rings (SSSR count). The van der Waals surface area contributed by atoms with Gasteiger partial charge in [0.15, 0.2) is 5.79 Å². The molecule has 15 heteroatoms. The number of halogens is 2. The molecule has 2 N–H and O–H groups in total. The Labute approximate surface area is 220 Å². The van der Waals surface area contributed by atoms with Crippen molar-refractivity contribution in [2.24, 2.45) is 0 Å². The molecule has 3 heterocycles. The molecule has 2 aliphatic heterocycles. The molecule has 0 spiro atoms. The first-order valence-electron chi connectivity index (χ1n) is 11.3. The number of ether oxygens (including phenoxy) is 3. The third-order valence-electron chi connectivity index (χ3n) is 5.56. The summed E-state index contributed by atoms with van der Waals surface area (Å²) in [4.78, 5) is 25.6. The summed E-state index contributed by atoms with van der Waals surface area (Å²) in [6.45, 7) is 4.79. The molecule has 200 valence electrons. The molecule has 2 saturated heterocycles. The number of aromatic amines is 1. The molecule has 0 bridgehead atoms. The first-order chi connectivity index (χ1) is 16.6. The van der Waals surface area contributed by atoms with E-state index in [-0.39, 0.29) is 25.7 Å². The summed E-state index contributed by atoms with van der Waals surface area (Å²) < 4.78 is 45.4. The van der Waals surface area contributed by atoms with Crippen molar-refractivity contribution in [3.8, 4) is 0 Å². The second kappa shape index (κ2) is 12.9. The fraction of sp³-hybridized carbons (Fsp3) is 0.800. The minimum Gasteiger partial charge on any atom is -0.390 e. The van der Waals surface area contributed by atoms with Crippen LogP contribution in [0.15, 0.2) is 21.9 Å². The Bertz CT molecular complexity index is 985. The maximum absolute atomic E-state index is 13.8. The van der Waals surface area contributed by atoms with Gasteiger partial charge in [-0.25, -0.2) is 14.0 Å². The van der Waals surface area contributed by atoms with Crippen molar-refractivity contribution in [3.63, 3.8) is 0 Å². The molecule has 1 aromatic rings. The molecule has 0 aromatic carbocycles. The van der Waals surface area contributed by atoms with Crippen LogP contribution in [0.25, 0.3) is 0 Å². The van der Waals surface area contributed by atoms with Gasteiger partial charge in [-0.3, -0.25) is 23.4 Å². The van der Waals surface area contributed by atoms with Crippen LogP contribution in [0.1, 0.15) is 32.9 Å². The summed E-state index contributed by atoms with van der Waals surface area (Å²) in [6, 6.07) is 1.20. The average Bonchev–Trinajstić information content (AvgIpc) is 3.33. The third kappa shape index (κ3) is 8.03. The zero-order valence-electron chi connectivity index (χ0n) is 19.6. The maximum atomic E-state index is 13.8. The van der Waals surface area contributed by atoms with Crippen molar-refractivity contribution < 1.29 is 32.9 Å². The molecule has 12 nitrogen and oxygen atoms in total. The van der Waals surface area contributed by atoms with E-state index in [1.807, 2.05) is 13.8 Å². The lowest BCUT2D eigenvalue weighted by Crippen LogP contribution is -2.32. The number of nitrogens with zero attached hydrogens (tertiary/aromatic N) is 2. The highest BCUT2D eigenvalue weighted by Crippen LogP contribution is 2.52. The van der Waals surface area contributed by atoms with Gasteiger partial charge in [0.25, 0.3) is 5.56 Å². The van der Waals surface area contributed by atoms with E-state index in [2.05, 4.69) is 36.8 Å². The Balaban J connectivity index is 1.64. The topological polar surface area (TPSA) is 142 Å². The van der Waals surface area contributed by atoms with Crippen LogP contribution in [0.5, 0.6) is 0 Å². The van der Waals surface area contributed by atoms with Gasteiger partial charge >= 0.3 is 13.4 Å². The molecule has 35 heavy (non-hydrogen) atoms. The third-order valence-corrected chi connectivity index (χ3v) is 8.35. The van der Waals surface area contributed by atoms with Gasteiger partial charge in [-0.05, 0) is 20.3 Å². The normalized spacial score (nSPS) is 27.9. The van der Waals surface area contributed by atoms with Crippen LogP contribution in [0, 0.1) is 0 Å². The Morgan fingerprint density at radius 1 is 1.29 bits per heavy atom. The first kappa shape index (κ1) is 29.2. The molecule has 0 amide bonds. The zero-order chi connectivity index (χ0) is 25.6. The molecule has 5 atom stereocenters. The Hall–Kier alpha value is -0.410. The number of rotatable bonds is 13. The predicted octanol–water partition coefficient (Wildman–Crippen LogP) is 1.96. The Kier molecular flexibility index (Phi) is 10.7. The van der Waals surface area contributed by atoms with Gasteiger partial charge in [-0.2, -0.15) is 0 Å². The van der Waals surface area contributed by atoms with E-state index in [0.717, 1.165) is 0 Å². The lowest BCUT2D eigenvalue weighted by atomic mass is 10.2. The van der Waals surface area contributed by atoms with E-state index < -0.39 is 43.2 Å². The lowest BCUT2D eigenvalue weighted by molar-refractivity contribution is -0.139. The van der Waals surface area contributed by atoms with Crippen LogP contribution in [0.2, 0.25) is 0 Å². The standard InChI is InChI=1S/C20H32Br2N3O9P/c1-20(2)30-12-14(34-20)4-10-31-35(29,24(8-5-21)9-6-22)32-13-16-15(26)11-18(33-16)25-7-3-17(27)23-19(25)28/h3,7,14-16,18,26H,4-6,8-13H2,1-2H3,(H,23,27,28)/t14?,15-,16+,18+,35?/m0/s1. The van der Waals surface area contributed by atoms with E-state index in [1.165, 1.54) is 16.8 Å². The Morgan fingerprint density at radius 3 is 2.60 bits per heavy atom. The van der Waals surface area contributed by atoms with Crippen LogP contribution in [-0.4, -0.2) is 87.0 Å².